The van der Waals surface area contributed by atoms with Crippen LogP contribution in [0.3, 0.4) is 0 Å². The monoisotopic (exact) mass is 550 g/mol. The summed E-state index contributed by atoms with van der Waals surface area (Å²) >= 11 is 0. The topological polar surface area (TPSA) is 32.3 Å². The highest BCUT2D eigenvalue weighted by atomic mass is 15.5. The van der Waals surface area contributed by atoms with Crippen LogP contribution in [0.15, 0.2) is 67.0 Å². The van der Waals surface area contributed by atoms with Crippen molar-refractivity contribution in [3.05, 3.63) is 94.8 Å². The first-order valence-corrected chi connectivity index (χ1v) is 15.4. The van der Waals surface area contributed by atoms with Crippen LogP contribution in [0, 0.1) is 20.8 Å². The molecule has 1 aliphatic rings. The lowest BCUT2D eigenvalue weighted by atomic mass is 9.84. The molecule has 5 rings (SSSR count). The van der Waals surface area contributed by atoms with E-state index in [1.807, 2.05) is 27.7 Å². The maximum atomic E-state index is 4.84. The average molecular weight is 551 g/mol. The van der Waals surface area contributed by atoms with E-state index in [0.717, 1.165) is 17.3 Å². The highest BCUT2D eigenvalue weighted by molar-refractivity contribution is 5.86. The van der Waals surface area contributed by atoms with Gasteiger partial charge in [0.2, 0.25) is 0 Å². The van der Waals surface area contributed by atoms with Crippen LogP contribution in [-0.2, 0) is 0 Å². The van der Waals surface area contributed by atoms with Gasteiger partial charge in [0.1, 0.15) is 6.17 Å². The van der Waals surface area contributed by atoms with Crippen LogP contribution in [0.5, 0.6) is 0 Å². The second kappa shape index (κ2) is 13.8. The van der Waals surface area contributed by atoms with E-state index < -0.39 is 0 Å². The Hall–Kier alpha value is -3.66. The molecule has 3 aromatic carbocycles. The largest absolute Gasteiger partial charge is 0.302 e. The van der Waals surface area contributed by atoms with Gasteiger partial charge in [-0.2, -0.15) is 0 Å². The second-order valence-electron chi connectivity index (χ2n) is 11.0. The smallest absolute Gasteiger partial charge is 0.178 e. The summed E-state index contributed by atoms with van der Waals surface area (Å²) < 4.78 is 0. The molecule has 0 amide bonds. The van der Waals surface area contributed by atoms with Gasteiger partial charge in [-0.3, -0.25) is 0 Å². The molecular weight excluding hydrogens is 500 g/mol. The van der Waals surface area contributed by atoms with Crippen molar-refractivity contribution in [2.24, 2.45) is 0 Å². The molecule has 0 saturated carbocycles. The number of fused-ring (bicyclic) bond motifs is 1. The van der Waals surface area contributed by atoms with E-state index in [0.29, 0.717) is 11.8 Å². The van der Waals surface area contributed by atoms with Crippen LogP contribution in [0.1, 0.15) is 102 Å². The van der Waals surface area contributed by atoms with Gasteiger partial charge in [0, 0.05) is 23.8 Å². The van der Waals surface area contributed by atoms with E-state index >= 15 is 0 Å². The Morgan fingerprint density at radius 1 is 0.659 bits per heavy atom. The van der Waals surface area contributed by atoms with Crippen molar-refractivity contribution < 1.29 is 0 Å². The zero-order valence-electron chi connectivity index (χ0n) is 27.4. The van der Waals surface area contributed by atoms with Crippen molar-refractivity contribution >= 4 is 23.0 Å². The SMILES string of the molecule is CC.CC.Cc1cc(C)cc(N2c3nccnc3N(c3cc(-c4c(C(C)C)cccc4C(C)C)ccc3C)C2C)c1. The molecule has 0 bridgehead atoms. The Labute approximate surface area is 249 Å². The molecule has 0 radical (unpaired) electrons. The van der Waals surface area contributed by atoms with Gasteiger partial charge in [-0.05, 0) is 96.7 Å². The Morgan fingerprint density at radius 2 is 1.17 bits per heavy atom. The van der Waals surface area contributed by atoms with Gasteiger partial charge >= 0.3 is 0 Å². The fraction of sp³-hybridized carbons (Fsp3) is 0.405. The Morgan fingerprint density at radius 3 is 1.68 bits per heavy atom. The summed E-state index contributed by atoms with van der Waals surface area (Å²) in [5.74, 6) is 2.68. The predicted molar refractivity (Wildman–Crippen MR) is 179 cm³/mol. The van der Waals surface area contributed by atoms with Gasteiger partial charge in [-0.15, -0.1) is 0 Å². The van der Waals surface area contributed by atoms with Crippen LogP contribution in [-0.4, -0.2) is 16.1 Å². The van der Waals surface area contributed by atoms with E-state index in [4.69, 9.17) is 9.97 Å². The molecule has 41 heavy (non-hydrogen) atoms. The highest BCUT2D eigenvalue weighted by Gasteiger charge is 2.38. The number of hydrogen-bond donors (Lipinski definition) is 0. The molecular formula is C37H50N4. The van der Waals surface area contributed by atoms with E-state index in [1.54, 1.807) is 12.4 Å². The lowest BCUT2D eigenvalue weighted by molar-refractivity contribution is 0.752. The normalized spacial score (nSPS) is 14.0. The van der Waals surface area contributed by atoms with E-state index in [9.17, 15) is 0 Å². The number of aromatic nitrogens is 2. The number of nitrogens with zero attached hydrogens (tertiary/aromatic N) is 4. The molecule has 0 saturated heterocycles. The lowest BCUT2D eigenvalue weighted by Crippen LogP contribution is -2.36. The third kappa shape index (κ3) is 6.32. The van der Waals surface area contributed by atoms with Crippen molar-refractivity contribution in [1.29, 1.82) is 0 Å². The molecule has 2 heterocycles. The summed E-state index contributed by atoms with van der Waals surface area (Å²) in [5, 5.41) is 0. The lowest BCUT2D eigenvalue weighted by Gasteiger charge is -2.31. The van der Waals surface area contributed by atoms with E-state index in [2.05, 4.69) is 120 Å². The summed E-state index contributed by atoms with van der Waals surface area (Å²) in [7, 11) is 0. The minimum atomic E-state index is 0.0254. The molecule has 1 atom stereocenters. The first kappa shape index (κ1) is 31.9. The maximum absolute atomic E-state index is 4.84. The van der Waals surface area contributed by atoms with Gasteiger partial charge in [0.05, 0.1) is 0 Å². The first-order valence-electron chi connectivity index (χ1n) is 15.4. The third-order valence-corrected chi connectivity index (χ3v) is 7.48. The van der Waals surface area contributed by atoms with Crippen molar-refractivity contribution in [3.8, 4) is 11.1 Å². The van der Waals surface area contributed by atoms with Crippen molar-refractivity contribution in [3.63, 3.8) is 0 Å². The Kier molecular flexibility index (Phi) is 10.7. The van der Waals surface area contributed by atoms with Crippen molar-refractivity contribution in [2.45, 2.75) is 101 Å². The van der Waals surface area contributed by atoms with Gasteiger partial charge < -0.3 is 9.80 Å². The standard InChI is InChI=1S/C33H38N4.2C2H6/c1-20(2)28-10-9-11-29(21(3)4)31(28)26-13-12-24(7)30(19-26)37-25(8)36(32-33(37)35-15-14-34-32)27-17-22(5)16-23(6)18-27;2*1-2/h9-21,25H,1-8H3;2*1-2H3. The first-order chi connectivity index (χ1) is 19.7. The number of anilines is 4. The van der Waals surface area contributed by atoms with E-state index in [-0.39, 0.29) is 6.17 Å². The summed E-state index contributed by atoms with van der Waals surface area (Å²) in [5.41, 5.74) is 11.5. The number of aryl methyl sites for hydroxylation is 3. The Bertz CT molecular complexity index is 1410. The van der Waals surface area contributed by atoms with Crippen LogP contribution in [0.25, 0.3) is 11.1 Å². The van der Waals surface area contributed by atoms with Gasteiger partial charge in [0.25, 0.3) is 0 Å². The van der Waals surface area contributed by atoms with Crippen LogP contribution in [0.2, 0.25) is 0 Å². The van der Waals surface area contributed by atoms with Gasteiger partial charge in [-0.25, -0.2) is 9.97 Å². The average Bonchev–Trinajstić information content (AvgIpc) is 3.26. The zero-order chi connectivity index (χ0) is 30.4. The summed E-state index contributed by atoms with van der Waals surface area (Å²) in [6, 6.07) is 20.4. The molecule has 1 aliphatic heterocycles. The fourth-order valence-electron chi connectivity index (χ4n) is 5.78. The molecule has 1 aromatic heterocycles. The fourth-order valence-corrected chi connectivity index (χ4v) is 5.78. The summed E-state index contributed by atoms with van der Waals surface area (Å²) in [6.45, 7) is 25.9. The summed E-state index contributed by atoms with van der Waals surface area (Å²) in [4.78, 5) is 14.3. The maximum Gasteiger partial charge on any atom is 0.178 e. The molecule has 0 aliphatic carbocycles. The van der Waals surface area contributed by atoms with Crippen molar-refractivity contribution in [1.82, 2.24) is 9.97 Å². The molecule has 0 fully saturated rings. The molecule has 4 aromatic rings. The number of benzene rings is 3. The van der Waals surface area contributed by atoms with Crippen LogP contribution < -0.4 is 9.80 Å². The summed E-state index contributed by atoms with van der Waals surface area (Å²) in [6.07, 6.45) is 3.62. The number of hydrogen-bond acceptors (Lipinski definition) is 4. The third-order valence-electron chi connectivity index (χ3n) is 7.48. The van der Waals surface area contributed by atoms with Crippen LogP contribution >= 0.6 is 0 Å². The molecule has 218 valence electrons. The molecule has 4 heteroatoms. The van der Waals surface area contributed by atoms with Crippen LogP contribution in [0.4, 0.5) is 23.0 Å². The highest BCUT2D eigenvalue weighted by Crippen LogP contribution is 2.47. The second-order valence-corrected chi connectivity index (χ2v) is 11.0. The minimum absolute atomic E-state index is 0.0254. The Balaban J connectivity index is 0.00000111. The molecule has 0 N–H and O–H groups in total. The zero-order valence-corrected chi connectivity index (χ0v) is 27.4. The molecule has 4 nitrogen and oxygen atoms in total. The minimum Gasteiger partial charge on any atom is -0.302 e. The van der Waals surface area contributed by atoms with Crippen molar-refractivity contribution in [2.75, 3.05) is 9.80 Å². The molecule has 0 spiro atoms. The quantitative estimate of drug-likeness (QED) is 0.247. The number of rotatable bonds is 5. The predicted octanol–water partition coefficient (Wildman–Crippen LogP) is 11.0. The van der Waals surface area contributed by atoms with Gasteiger partial charge in [-0.1, -0.05) is 91.8 Å². The molecule has 1 unspecified atom stereocenters. The van der Waals surface area contributed by atoms with E-state index in [1.165, 1.54) is 44.6 Å². The van der Waals surface area contributed by atoms with Gasteiger partial charge in [0.15, 0.2) is 11.6 Å².